The number of likely N-dealkylation sites (tertiary alicyclic amines) is 1. The monoisotopic (exact) mass is 2000 g/mol. The van der Waals surface area contributed by atoms with Crippen molar-refractivity contribution in [1.29, 1.82) is 5.41 Å². The molecule has 1 saturated heterocycles. The van der Waals surface area contributed by atoms with Crippen molar-refractivity contribution in [3.05, 3.63) is 96.8 Å². The minimum absolute atomic E-state index is 0. The number of nitrogens with zero attached hydrogens (tertiary/aromatic N) is 12. The average molecular weight is 2010 g/mol. The van der Waals surface area contributed by atoms with Gasteiger partial charge in [-0.2, -0.15) is 0 Å². The summed E-state index contributed by atoms with van der Waals surface area (Å²) >= 11 is 0. The van der Waals surface area contributed by atoms with Gasteiger partial charge in [0.05, 0.1) is 126 Å². The van der Waals surface area contributed by atoms with Crippen LogP contribution in [0, 0.1) is 11.3 Å². The van der Waals surface area contributed by atoms with E-state index in [4.69, 9.17) is 118 Å². The van der Waals surface area contributed by atoms with E-state index in [1.807, 2.05) is 72.8 Å². The molecule has 0 radical (unpaired) electrons. The van der Waals surface area contributed by atoms with Crippen molar-refractivity contribution in [3.8, 4) is 57.1 Å². The molecule has 22 N–H and O–H groups in total. The molecule has 7 heterocycles. The molecule has 3 aliphatic heterocycles. The number of guanidine groups is 1. The minimum atomic E-state index is -1.32. The first-order chi connectivity index (χ1) is 68.0. The van der Waals surface area contributed by atoms with Crippen molar-refractivity contribution in [1.82, 2.24) is 108 Å². The van der Waals surface area contributed by atoms with Crippen molar-refractivity contribution < 1.29 is 105 Å². The zero-order valence-corrected chi connectivity index (χ0v) is 83.0. The van der Waals surface area contributed by atoms with Crippen LogP contribution in [0.3, 0.4) is 0 Å². The third-order valence-corrected chi connectivity index (χ3v) is 23.1. The third kappa shape index (κ3) is 32.9. The Morgan fingerprint density at radius 3 is 1.29 bits per heavy atom. The number of carbonyl (C=O) groups excluding carboxylic acids is 10. The van der Waals surface area contributed by atoms with E-state index in [1.165, 1.54) is 15.8 Å². The van der Waals surface area contributed by atoms with Crippen LogP contribution in [-0.4, -0.2) is 296 Å². The fourth-order valence-corrected chi connectivity index (χ4v) is 15.9. The molecule has 141 heavy (non-hydrogen) atoms. The van der Waals surface area contributed by atoms with Gasteiger partial charge in [0, 0.05) is 53.9 Å². The molecule has 756 valence electrons. The molecule has 0 spiro atoms. The van der Waals surface area contributed by atoms with Gasteiger partial charge in [0.1, 0.15) is 79.2 Å². The smallest absolute Gasteiger partial charge is 0.490 e. The number of carbonyl (C=O) groups is 10. The van der Waals surface area contributed by atoms with Gasteiger partial charge in [-0.3, -0.25) is 53.4 Å². The molecule has 3 aliphatic rings. The maximum Gasteiger partial charge on any atom is 2.00 e. The minimum Gasteiger partial charge on any atom is -0.490 e. The molecule has 11 rings (SSSR count). The summed E-state index contributed by atoms with van der Waals surface area (Å²) in [6, 6.07) is 18.3. The number of unbranched alkanes of at least 4 members (excludes halogenated alkanes) is 4. The van der Waals surface area contributed by atoms with Crippen LogP contribution in [0.25, 0.3) is 89.7 Å². The second kappa shape index (κ2) is 57.8. The molecular weight excluding hydrogens is 1870 g/mol. The van der Waals surface area contributed by atoms with Gasteiger partial charge in [-0.1, -0.05) is 91.9 Å². The van der Waals surface area contributed by atoms with Gasteiger partial charge in [0.2, 0.25) is 59.1 Å². The molecule has 10 amide bonds. The number of primary amides is 1. The van der Waals surface area contributed by atoms with Crippen molar-refractivity contribution in [2.75, 3.05) is 139 Å². The van der Waals surface area contributed by atoms with E-state index in [1.54, 1.807) is 33.1 Å². The number of aromatic nitrogens is 11. The summed E-state index contributed by atoms with van der Waals surface area (Å²) < 4.78 is 48.4. The van der Waals surface area contributed by atoms with Crippen LogP contribution in [0.15, 0.2) is 91.1 Å². The van der Waals surface area contributed by atoms with Crippen molar-refractivity contribution in [3.63, 3.8) is 0 Å². The summed E-state index contributed by atoms with van der Waals surface area (Å²) in [5.41, 5.74) is 39.0. The molecule has 47 heteroatoms. The maximum absolute atomic E-state index is 14.6. The van der Waals surface area contributed by atoms with Crippen molar-refractivity contribution in [2.45, 2.75) is 172 Å². The van der Waals surface area contributed by atoms with Crippen LogP contribution in [0.4, 0.5) is 0 Å². The molecule has 0 aliphatic carbocycles. The van der Waals surface area contributed by atoms with Crippen LogP contribution in [0.5, 0.6) is 11.5 Å². The quantitative estimate of drug-likeness (QED) is 0.0107. The molecule has 0 saturated carbocycles. The number of nitrogens with one attached hydrogen (secondary N) is 10. The number of amides is 10. The fraction of sp³-hybridized carbons (Fsp3) is 0.521. The van der Waals surface area contributed by atoms with Crippen LogP contribution in [0.1, 0.15) is 122 Å². The molecule has 0 unspecified atom stereocenters. The number of hydrogen-bond donors (Lipinski definition) is 16. The molecular formula is C94H130N28O18Zn. The fourth-order valence-electron chi connectivity index (χ4n) is 15.9. The van der Waals surface area contributed by atoms with Gasteiger partial charge in [0.15, 0.2) is 5.96 Å². The van der Waals surface area contributed by atoms with Crippen molar-refractivity contribution >= 4 is 109 Å². The van der Waals surface area contributed by atoms with Gasteiger partial charge >= 0.3 is 19.5 Å². The topological polar surface area (TPSA) is 672 Å². The van der Waals surface area contributed by atoms with Gasteiger partial charge in [0.25, 0.3) is 0 Å². The first kappa shape index (κ1) is 110. The average Bonchev–Trinajstić information content (AvgIpc) is 1.57. The Morgan fingerprint density at radius 2 is 0.858 bits per heavy atom. The predicted octanol–water partition coefficient (Wildman–Crippen LogP) is 0.456. The van der Waals surface area contributed by atoms with Crippen LogP contribution in [-0.2, 0) is 109 Å². The van der Waals surface area contributed by atoms with Gasteiger partial charge in [-0.25, -0.2) is 14.6 Å². The summed E-state index contributed by atoms with van der Waals surface area (Å²) in [7, 11) is 1.61. The number of nitrogens with two attached hydrogens (primary N) is 6. The summed E-state index contributed by atoms with van der Waals surface area (Å²) in [6.07, 6.45) is 5.87. The number of ether oxygens (including phenoxy) is 8. The largest absolute Gasteiger partial charge is 2.00 e. The predicted molar refractivity (Wildman–Crippen MR) is 517 cm³/mol. The molecule has 7 atom stereocenters. The molecule has 8 bridgehead atoms. The second-order valence-electron chi connectivity index (χ2n) is 33.9. The molecule has 8 aromatic rings. The second-order valence-corrected chi connectivity index (χ2v) is 33.9. The Balaban J connectivity index is 0.0000205. The zero-order chi connectivity index (χ0) is 99.7. The molecule has 1 fully saturated rings. The third-order valence-electron chi connectivity index (χ3n) is 23.1. The standard InChI is InChI=1S/C94H132N28O18.Zn/c1-57(2)78(79(99)126)110-92(131)68(29-13-17-37-98)107-91(130)69(30-18-38-102-94(100)101)108-89(128)66(27-11-15-35-96)105-88(127)65(26-10-14-34-95)106-90(129)67(28-12-16-36-97)109-93(132)70-31-19-39-122(70)75(125)53-104-73(123)52-103-74(124)55-121-54-58(119-120-121)56-138-47-46-135-43-45-137-49-51-140-72-33-32-71(139-50-48-136-44-42-134-41-40-133-3)76-77(72)87-117-85-64-25-9-7-23-62(64)83(115-85)113-81-60-21-5-4-20-59(60)80(111-81)112-82-61-22-6-8-24-63(61)84(114-82)116-86(76)118-87;/h4-9,20-25,32-33,54,57,65-70,78H,10-19,26-31,34-53,55-56,95-98H2,1-3H3,(H16,99,100,101,102,103,104,105,106,107,108,109,110,111,112,113,114,115,116,117,118,119,120,123,124,126,127,128,129,130,131,132);/q;+2/p-2/t65-,66-,67-,68-,69-,70-,78-;/m0./s1. The van der Waals surface area contributed by atoms with E-state index in [2.05, 4.69) is 58.2 Å². The van der Waals surface area contributed by atoms with E-state index < -0.39 is 120 Å². The molecule has 4 aromatic carbocycles. The van der Waals surface area contributed by atoms with Crippen molar-refractivity contribution in [2.24, 2.45) is 40.3 Å². The summed E-state index contributed by atoms with van der Waals surface area (Å²) in [4.78, 5) is 180. The normalized spacial score (nSPS) is 13.8. The number of benzene rings is 4. The Kier molecular flexibility index (Phi) is 45.2. The number of fused-ring (bicyclic) bond motifs is 20. The van der Waals surface area contributed by atoms with Crippen LogP contribution < -0.4 is 102 Å². The number of methoxy groups -OCH3 is 1. The Labute approximate surface area is 828 Å². The number of rotatable bonds is 62. The molecule has 4 aromatic heterocycles. The summed E-state index contributed by atoms with van der Waals surface area (Å²) in [5.74, 6) is -5.61. The van der Waals surface area contributed by atoms with Crippen LogP contribution >= 0.6 is 0 Å². The van der Waals surface area contributed by atoms with Gasteiger partial charge in [-0.15, -0.1) is 5.10 Å². The Bertz CT molecular complexity index is 5690. The first-order valence-electron chi connectivity index (χ1n) is 47.5. The zero-order valence-electron chi connectivity index (χ0n) is 80.0. The van der Waals surface area contributed by atoms with E-state index in [0.717, 1.165) is 32.7 Å². The Hall–Kier alpha value is -12.8. The molecule has 46 nitrogen and oxygen atoms in total. The van der Waals surface area contributed by atoms with E-state index in [0.29, 0.717) is 153 Å². The summed E-state index contributed by atoms with van der Waals surface area (Å²) in [6.45, 7) is 6.56. The van der Waals surface area contributed by atoms with Gasteiger partial charge < -0.3 is 155 Å². The number of hydrogen-bond acceptors (Lipinski definition) is 31. The SMILES string of the molecule is COCCOCCOCCOc1ccc(OCCOCCOCCOCc2cn(CC(=O)NCC(=O)NCC(=O)N3CCC[C@H]3C(=O)N[C@@H](CCCCN)C(=O)N[C@@H](CCCCN)C(=O)N[C@@H](CCCCN)C(=O)N[C@@H](CCCNC(=N)N)C(=O)N[C@@H](CCCCN)C(=O)N[C@H](C(N)=O)C(C)C)nn2)c2c1-c1nc-2nc2[n-]c(nc3nc(nc4[n-]c(n1)c1ccccc41)-c1ccccc1-3)c1ccccc21.[Zn+2]. The Morgan fingerprint density at radius 1 is 0.461 bits per heavy atom. The van der Waals surface area contributed by atoms with E-state index in [9.17, 15) is 47.9 Å². The van der Waals surface area contributed by atoms with Gasteiger partial charge in [-0.05, 0) is 169 Å². The summed E-state index contributed by atoms with van der Waals surface area (Å²) in [5, 5.41) is 42.8. The maximum atomic E-state index is 14.6. The van der Waals surface area contributed by atoms with E-state index >= 15 is 0 Å². The van der Waals surface area contributed by atoms with Crippen LogP contribution in [0.2, 0.25) is 0 Å². The first-order valence-corrected chi connectivity index (χ1v) is 47.5. The van der Waals surface area contributed by atoms with E-state index in [-0.39, 0.29) is 181 Å².